The molecule has 52 heavy (non-hydrogen) atoms. The van der Waals surface area contributed by atoms with E-state index in [1.807, 2.05) is 4.90 Å². The molecule has 4 aromatic heterocycles. The zero-order chi connectivity index (χ0) is 37.5. The summed E-state index contributed by atoms with van der Waals surface area (Å²) in [4.78, 5) is 46.6. The molecule has 0 aliphatic carbocycles. The second-order valence-electron chi connectivity index (χ2n) is 13.6. The Morgan fingerprint density at radius 2 is 1.50 bits per heavy atom. The van der Waals surface area contributed by atoms with Crippen molar-refractivity contribution in [2.45, 2.75) is 57.0 Å². The molecule has 4 aromatic rings. The van der Waals surface area contributed by atoms with E-state index in [9.17, 15) is 36.7 Å². The highest BCUT2D eigenvalue weighted by Crippen LogP contribution is 2.34. The van der Waals surface area contributed by atoms with E-state index in [1.54, 1.807) is 26.8 Å². The fourth-order valence-corrected chi connectivity index (χ4v) is 7.35. The smallest absolute Gasteiger partial charge is 0.407 e. The van der Waals surface area contributed by atoms with Gasteiger partial charge in [0, 0.05) is 31.8 Å². The highest BCUT2D eigenvalue weighted by Gasteiger charge is 2.34. The van der Waals surface area contributed by atoms with Gasteiger partial charge >= 0.3 is 6.09 Å². The van der Waals surface area contributed by atoms with Crippen LogP contribution in [-0.2, 0) is 19.0 Å². The molecule has 0 bridgehead atoms. The number of rotatable bonds is 6. The molecule has 1 saturated heterocycles. The molecule has 16 nitrogen and oxygen atoms in total. The minimum absolute atomic E-state index is 0.0410. The van der Waals surface area contributed by atoms with Gasteiger partial charge in [-0.1, -0.05) is 0 Å². The molecule has 2 N–H and O–H groups in total. The van der Waals surface area contributed by atoms with E-state index in [0.717, 1.165) is 19.5 Å². The lowest BCUT2D eigenvalue weighted by atomic mass is 10.0. The standard InChI is InChI=1S/C21H27FN4O5.C12H11FN2O5S/c1-21(2,3)31-20(29)24-14-6-7-25(10-16(14)27)9-12-11-30-19-13(22)8-23-15-4-5-17(28)26(12)18(15)19;1-19-21(17,18)6-7-5-20-12-8(13)4-14-9-2-3-10(16)15(7)11(9)12/h4-5,8,12,14,16,27H,6-7,9-11H2,1-3H3,(H,24,29);2-4,7H,5-6H2,1H3/t12-,14+,16-;7-/m10/s1. The highest BCUT2D eigenvalue weighted by atomic mass is 32.2. The normalized spacial score (nSPS) is 21.4. The van der Waals surface area contributed by atoms with Crippen molar-refractivity contribution in [2.75, 3.05) is 45.7 Å². The van der Waals surface area contributed by atoms with Gasteiger partial charge in [0.1, 0.15) is 29.8 Å². The summed E-state index contributed by atoms with van der Waals surface area (Å²) in [6.07, 6.45) is 1.27. The van der Waals surface area contributed by atoms with Gasteiger partial charge in [-0.2, -0.15) is 8.42 Å². The number of aliphatic hydroxyl groups is 1. The molecule has 0 saturated carbocycles. The molecule has 0 aromatic carbocycles. The number of nitrogens with zero attached hydrogens (tertiary/aromatic N) is 5. The Kier molecular flexibility index (Phi) is 10.2. The highest BCUT2D eigenvalue weighted by molar-refractivity contribution is 7.86. The number of hydrogen-bond acceptors (Lipinski definition) is 13. The lowest BCUT2D eigenvalue weighted by Gasteiger charge is -2.39. The number of pyridine rings is 4. The molecule has 4 atom stereocenters. The molecule has 3 aliphatic rings. The molecule has 0 spiro atoms. The number of amides is 1. The maximum absolute atomic E-state index is 14.2. The van der Waals surface area contributed by atoms with Crippen LogP contribution in [0.15, 0.2) is 46.2 Å². The van der Waals surface area contributed by atoms with Gasteiger partial charge in [-0.25, -0.2) is 13.6 Å². The third kappa shape index (κ3) is 7.71. The van der Waals surface area contributed by atoms with Crippen LogP contribution in [-0.4, -0.2) is 107 Å². The number of alkyl carbamates (subject to hydrolysis) is 1. The Labute approximate surface area is 296 Å². The summed E-state index contributed by atoms with van der Waals surface area (Å²) in [5.41, 5.74) is 0.0323. The van der Waals surface area contributed by atoms with Crippen LogP contribution in [0.3, 0.4) is 0 Å². The number of carbonyl (C=O) groups is 1. The van der Waals surface area contributed by atoms with Crippen molar-refractivity contribution in [3.63, 3.8) is 0 Å². The molecular formula is C33H38F2N6O10S. The lowest BCUT2D eigenvalue weighted by Crippen LogP contribution is -2.55. The van der Waals surface area contributed by atoms with E-state index in [2.05, 4.69) is 19.5 Å². The monoisotopic (exact) mass is 748 g/mol. The van der Waals surface area contributed by atoms with Crippen LogP contribution in [0.2, 0.25) is 0 Å². The maximum Gasteiger partial charge on any atom is 0.407 e. The third-order valence-corrected chi connectivity index (χ3v) is 10.1. The number of carbonyl (C=O) groups excluding carboxylic acids is 1. The summed E-state index contributed by atoms with van der Waals surface area (Å²) in [5.74, 6) is -1.80. The van der Waals surface area contributed by atoms with E-state index >= 15 is 0 Å². The Balaban J connectivity index is 0.000000192. The Morgan fingerprint density at radius 1 is 0.962 bits per heavy atom. The fourth-order valence-electron chi connectivity index (χ4n) is 6.50. The van der Waals surface area contributed by atoms with Gasteiger partial charge in [0.25, 0.3) is 21.2 Å². The largest absolute Gasteiger partial charge is 0.486 e. The molecule has 0 unspecified atom stereocenters. The first-order valence-electron chi connectivity index (χ1n) is 16.4. The van der Waals surface area contributed by atoms with Gasteiger partial charge in [-0.05, 0) is 39.3 Å². The van der Waals surface area contributed by atoms with Gasteiger partial charge < -0.3 is 24.6 Å². The quantitative estimate of drug-likeness (QED) is 0.272. The first-order chi connectivity index (χ1) is 24.5. The second kappa shape index (κ2) is 14.4. The average molecular weight is 749 g/mol. The Hall–Kier alpha value is -4.72. The van der Waals surface area contributed by atoms with Crippen molar-refractivity contribution in [2.24, 2.45) is 0 Å². The summed E-state index contributed by atoms with van der Waals surface area (Å²) in [7, 11) is -2.76. The maximum atomic E-state index is 14.2. The molecule has 3 aliphatic heterocycles. The second-order valence-corrected chi connectivity index (χ2v) is 15.4. The van der Waals surface area contributed by atoms with Crippen molar-refractivity contribution in [3.8, 4) is 11.5 Å². The summed E-state index contributed by atoms with van der Waals surface area (Å²) < 4.78 is 74.4. The molecule has 19 heteroatoms. The predicted octanol–water partition coefficient (Wildman–Crippen LogP) is 1.87. The number of aromatic nitrogens is 4. The van der Waals surface area contributed by atoms with Crippen LogP contribution in [0.1, 0.15) is 39.3 Å². The first-order valence-corrected chi connectivity index (χ1v) is 18.0. The SMILES string of the molecule is CC(C)(C)OC(=O)N[C@H]1CCN(C[C@@H]2COc3c(F)cnc4ccc(=O)n2c34)C[C@H]1O.COS(=O)(=O)C[C@@H]1COc2c(F)cnc3ccc(=O)n1c23. The number of hydrogen-bond donors (Lipinski definition) is 2. The molecule has 7 rings (SSSR count). The number of ether oxygens (including phenoxy) is 3. The number of halogens is 2. The van der Waals surface area contributed by atoms with Crippen molar-refractivity contribution >= 4 is 38.3 Å². The van der Waals surface area contributed by atoms with Crippen molar-refractivity contribution in [1.82, 2.24) is 29.3 Å². The summed E-state index contributed by atoms with van der Waals surface area (Å²) >= 11 is 0. The molecule has 1 amide bonds. The van der Waals surface area contributed by atoms with Crippen LogP contribution >= 0.6 is 0 Å². The summed E-state index contributed by atoms with van der Waals surface area (Å²) in [5, 5.41) is 13.3. The van der Waals surface area contributed by atoms with Crippen LogP contribution in [0.5, 0.6) is 11.5 Å². The molecular weight excluding hydrogens is 710 g/mol. The topological polar surface area (TPSA) is 193 Å². The average Bonchev–Trinajstić information content (AvgIpc) is 3.08. The molecule has 280 valence electrons. The zero-order valence-electron chi connectivity index (χ0n) is 28.7. The lowest BCUT2D eigenvalue weighted by molar-refractivity contribution is 0.0149. The van der Waals surface area contributed by atoms with E-state index in [1.165, 1.54) is 27.3 Å². The van der Waals surface area contributed by atoms with E-state index in [4.69, 9.17) is 14.2 Å². The first kappa shape index (κ1) is 37.1. The number of nitrogens with one attached hydrogen (secondary N) is 1. The molecule has 0 radical (unpaired) electrons. The predicted molar refractivity (Wildman–Crippen MR) is 182 cm³/mol. The van der Waals surface area contributed by atoms with Crippen LogP contribution in [0.25, 0.3) is 22.1 Å². The van der Waals surface area contributed by atoms with Crippen LogP contribution in [0.4, 0.5) is 13.6 Å². The van der Waals surface area contributed by atoms with E-state index in [0.29, 0.717) is 42.6 Å². The van der Waals surface area contributed by atoms with Crippen molar-refractivity contribution in [1.29, 1.82) is 0 Å². The van der Waals surface area contributed by atoms with Crippen LogP contribution in [0, 0.1) is 11.6 Å². The third-order valence-electron chi connectivity index (χ3n) is 8.77. The van der Waals surface area contributed by atoms with Gasteiger partial charge in [-0.3, -0.25) is 37.8 Å². The van der Waals surface area contributed by atoms with Gasteiger partial charge in [0.2, 0.25) is 0 Å². The van der Waals surface area contributed by atoms with Crippen molar-refractivity contribution in [3.05, 3.63) is 69.0 Å². The van der Waals surface area contributed by atoms with E-state index in [-0.39, 0.29) is 41.8 Å². The fraction of sp³-hybridized carbons (Fsp3) is 0.485. The van der Waals surface area contributed by atoms with Gasteiger partial charge in [0.05, 0.1) is 60.5 Å². The summed E-state index contributed by atoms with van der Waals surface area (Å²) in [6.45, 7) is 6.68. The molecule has 1 fully saturated rings. The summed E-state index contributed by atoms with van der Waals surface area (Å²) in [6, 6.07) is 4.10. The Bertz CT molecular complexity index is 2240. The number of piperidine rings is 1. The zero-order valence-corrected chi connectivity index (χ0v) is 29.6. The van der Waals surface area contributed by atoms with Gasteiger partial charge in [-0.15, -0.1) is 0 Å². The Morgan fingerprint density at radius 3 is 2.02 bits per heavy atom. The minimum Gasteiger partial charge on any atom is -0.486 e. The molecule has 7 heterocycles. The number of β-amino-alcohol motifs (C(OH)–C–C–N with tert-alkyl or cyclic N) is 1. The number of aliphatic hydroxyl groups excluding tert-OH is 1. The van der Waals surface area contributed by atoms with Crippen molar-refractivity contribution < 1.29 is 45.5 Å². The number of likely N-dealkylation sites (tertiary alicyclic amines) is 1. The minimum atomic E-state index is -3.80. The van der Waals surface area contributed by atoms with E-state index < -0.39 is 62.9 Å². The van der Waals surface area contributed by atoms with Gasteiger partial charge in [0.15, 0.2) is 23.1 Å². The van der Waals surface area contributed by atoms with Crippen LogP contribution < -0.4 is 25.9 Å².